The van der Waals surface area contributed by atoms with Gasteiger partial charge in [-0.05, 0) is 42.7 Å². The monoisotopic (exact) mass is 446 g/mol. The fourth-order valence-electron chi connectivity index (χ4n) is 2.70. The highest BCUT2D eigenvalue weighted by Crippen LogP contribution is 2.16. The third-order valence-electron chi connectivity index (χ3n) is 4.35. The van der Waals surface area contributed by atoms with Crippen molar-refractivity contribution in [3.8, 4) is 5.75 Å². The Labute approximate surface area is 187 Å². The van der Waals surface area contributed by atoms with Crippen LogP contribution in [0.1, 0.15) is 29.8 Å². The molecule has 0 saturated carbocycles. The molecular weight excluding hydrogens is 420 g/mol. The van der Waals surface area contributed by atoms with Crippen LogP contribution in [0.4, 0.5) is 0 Å². The Balaban J connectivity index is 1.77. The molecule has 0 aliphatic rings. The number of carbonyl (C=O) groups is 3. The largest absolute Gasteiger partial charge is 0.492 e. The molecule has 2 rings (SSSR count). The first-order valence-corrected chi connectivity index (χ1v) is 10.3. The normalized spacial score (nSPS) is 11.5. The van der Waals surface area contributed by atoms with Crippen molar-refractivity contribution in [2.75, 3.05) is 19.8 Å². The van der Waals surface area contributed by atoms with Crippen LogP contribution in [-0.2, 0) is 14.3 Å². The Morgan fingerprint density at radius 2 is 1.81 bits per heavy atom. The zero-order valence-corrected chi connectivity index (χ0v) is 18.6. The van der Waals surface area contributed by atoms with E-state index in [4.69, 9.17) is 21.1 Å². The lowest BCUT2D eigenvalue weighted by atomic mass is 10.0. The number of benzene rings is 2. The molecule has 2 N–H and O–H groups in total. The molecule has 2 aromatic carbocycles. The summed E-state index contributed by atoms with van der Waals surface area (Å²) < 4.78 is 10.6. The standard InChI is InChI=1S/C23H27ClN2O5/c1-15(2)21(26-22(28)18-9-4-5-10-19(18)24)23(29)31-14-20(27)25-11-12-30-17-8-6-7-16(3)13-17/h4-10,13,15,21H,11-12,14H2,1-3H3,(H,25,27)(H,26,28)/t21-/m0/s1. The average molecular weight is 447 g/mol. The fraction of sp³-hybridized carbons (Fsp3) is 0.348. The zero-order chi connectivity index (χ0) is 22.8. The quantitative estimate of drug-likeness (QED) is 0.432. The molecular formula is C23H27ClN2O5. The first-order valence-electron chi connectivity index (χ1n) is 9.96. The number of rotatable bonds is 10. The molecule has 0 unspecified atom stereocenters. The van der Waals surface area contributed by atoms with Gasteiger partial charge in [0, 0.05) is 0 Å². The van der Waals surface area contributed by atoms with Crippen molar-refractivity contribution < 1.29 is 23.9 Å². The maximum absolute atomic E-state index is 12.4. The molecule has 0 heterocycles. The second-order valence-corrected chi connectivity index (χ2v) is 7.70. The Morgan fingerprint density at radius 3 is 2.48 bits per heavy atom. The van der Waals surface area contributed by atoms with Gasteiger partial charge in [0.05, 0.1) is 17.1 Å². The van der Waals surface area contributed by atoms with E-state index in [9.17, 15) is 14.4 Å². The van der Waals surface area contributed by atoms with Gasteiger partial charge in [0.15, 0.2) is 6.61 Å². The minimum Gasteiger partial charge on any atom is -0.492 e. The number of aryl methyl sites for hydroxylation is 1. The van der Waals surface area contributed by atoms with Crippen molar-refractivity contribution in [2.45, 2.75) is 26.8 Å². The van der Waals surface area contributed by atoms with Crippen molar-refractivity contribution in [3.63, 3.8) is 0 Å². The number of carbonyl (C=O) groups excluding carboxylic acids is 3. The topological polar surface area (TPSA) is 93.7 Å². The molecule has 0 saturated heterocycles. The number of hydrogen-bond acceptors (Lipinski definition) is 5. The van der Waals surface area contributed by atoms with Gasteiger partial charge in [-0.15, -0.1) is 0 Å². The molecule has 8 heteroatoms. The van der Waals surface area contributed by atoms with Crippen LogP contribution in [0.2, 0.25) is 5.02 Å². The third-order valence-corrected chi connectivity index (χ3v) is 4.68. The number of hydrogen-bond donors (Lipinski definition) is 2. The molecule has 0 bridgehead atoms. The predicted octanol–water partition coefficient (Wildman–Crippen LogP) is 3.14. The Hall–Kier alpha value is -3.06. The maximum atomic E-state index is 12.4. The second-order valence-electron chi connectivity index (χ2n) is 7.30. The van der Waals surface area contributed by atoms with Crippen LogP contribution in [-0.4, -0.2) is 43.6 Å². The van der Waals surface area contributed by atoms with E-state index in [2.05, 4.69) is 10.6 Å². The van der Waals surface area contributed by atoms with Crippen LogP contribution in [0.15, 0.2) is 48.5 Å². The van der Waals surface area contributed by atoms with Crippen LogP contribution in [0.3, 0.4) is 0 Å². The van der Waals surface area contributed by atoms with E-state index in [1.54, 1.807) is 38.1 Å². The molecule has 2 amide bonds. The van der Waals surface area contributed by atoms with Gasteiger partial charge in [-0.1, -0.05) is 49.7 Å². The van der Waals surface area contributed by atoms with E-state index in [0.717, 1.165) is 11.3 Å². The third kappa shape index (κ3) is 7.94. The molecule has 0 radical (unpaired) electrons. The van der Waals surface area contributed by atoms with Gasteiger partial charge in [0.1, 0.15) is 18.4 Å². The molecule has 0 aliphatic carbocycles. The molecule has 0 aliphatic heterocycles. The van der Waals surface area contributed by atoms with E-state index < -0.39 is 30.4 Å². The van der Waals surface area contributed by atoms with Gasteiger partial charge in [-0.2, -0.15) is 0 Å². The van der Waals surface area contributed by atoms with Gasteiger partial charge < -0.3 is 20.1 Å². The molecule has 0 spiro atoms. The minimum atomic E-state index is -0.916. The minimum absolute atomic E-state index is 0.246. The lowest BCUT2D eigenvalue weighted by molar-refractivity contribution is -0.151. The number of esters is 1. The van der Waals surface area contributed by atoms with Gasteiger partial charge in [-0.25, -0.2) is 4.79 Å². The van der Waals surface area contributed by atoms with Crippen LogP contribution < -0.4 is 15.4 Å². The summed E-state index contributed by atoms with van der Waals surface area (Å²) in [4.78, 5) is 36.8. The van der Waals surface area contributed by atoms with Gasteiger partial charge in [0.2, 0.25) is 0 Å². The van der Waals surface area contributed by atoms with Gasteiger partial charge >= 0.3 is 5.97 Å². The maximum Gasteiger partial charge on any atom is 0.329 e. The Morgan fingerprint density at radius 1 is 1.06 bits per heavy atom. The van der Waals surface area contributed by atoms with Crippen molar-refractivity contribution in [2.24, 2.45) is 5.92 Å². The van der Waals surface area contributed by atoms with Crippen LogP contribution in [0.5, 0.6) is 5.75 Å². The van der Waals surface area contributed by atoms with Gasteiger partial charge in [-0.3, -0.25) is 9.59 Å². The van der Waals surface area contributed by atoms with E-state index >= 15 is 0 Å². The molecule has 0 fully saturated rings. The fourth-order valence-corrected chi connectivity index (χ4v) is 2.93. The molecule has 0 aromatic heterocycles. The van der Waals surface area contributed by atoms with E-state index in [0.29, 0.717) is 0 Å². The van der Waals surface area contributed by atoms with E-state index in [1.807, 2.05) is 31.2 Å². The molecule has 7 nitrogen and oxygen atoms in total. The number of nitrogens with one attached hydrogen (secondary N) is 2. The van der Waals surface area contributed by atoms with E-state index in [1.165, 1.54) is 0 Å². The molecule has 166 valence electrons. The number of ether oxygens (including phenoxy) is 2. The molecule has 2 aromatic rings. The first kappa shape index (κ1) is 24.2. The van der Waals surface area contributed by atoms with Crippen molar-refractivity contribution >= 4 is 29.4 Å². The Kier molecular flexibility index (Phi) is 9.34. The van der Waals surface area contributed by atoms with Crippen LogP contribution in [0, 0.1) is 12.8 Å². The summed E-state index contributed by atoms with van der Waals surface area (Å²) in [5.41, 5.74) is 1.34. The first-order chi connectivity index (χ1) is 14.8. The lowest BCUT2D eigenvalue weighted by Gasteiger charge is -2.21. The smallest absolute Gasteiger partial charge is 0.329 e. The summed E-state index contributed by atoms with van der Waals surface area (Å²) in [6.45, 7) is 5.59. The lowest BCUT2D eigenvalue weighted by Crippen LogP contribution is -2.46. The summed E-state index contributed by atoms with van der Waals surface area (Å²) in [6, 6.07) is 13.2. The average Bonchev–Trinajstić information content (AvgIpc) is 2.73. The van der Waals surface area contributed by atoms with Gasteiger partial charge in [0.25, 0.3) is 11.8 Å². The SMILES string of the molecule is Cc1cccc(OCCNC(=O)COC(=O)[C@@H](NC(=O)c2ccccc2Cl)C(C)C)c1. The van der Waals surface area contributed by atoms with Crippen molar-refractivity contribution in [3.05, 3.63) is 64.7 Å². The molecule has 1 atom stereocenters. The summed E-state index contributed by atoms with van der Waals surface area (Å²) >= 11 is 6.03. The Bertz CT molecular complexity index is 916. The van der Waals surface area contributed by atoms with Crippen molar-refractivity contribution in [1.29, 1.82) is 0 Å². The number of halogens is 1. The summed E-state index contributed by atoms with van der Waals surface area (Å²) in [6.07, 6.45) is 0. The summed E-state index contributed by atoms with van der Waals surface area (Å²) in [5.74, 6) is -1.17. The molecule has 31 heavy (non-hydrogen) atoms. The van der Waals surface area contributed by atoms with Crippen molar-refractivity contribution in [1.82, 2.24) is 10.6 Å². The zero-order valence-electron chi connectivity index (χ0n) is 17.8. The summed E-state index contributed by atoms with van der Waals surface area (Å²) in [5, 5.41) is 5.52. The highest BCUT2D eigenvalue weighted by molar-refractivity contribution is 6.33. The predicted molar refractivity (Wildman–Crippen MR) is 118 cm³/mol. The highest BCUT2D eigenvalue weighted by atomic mass is 35.5. The second kappa shape index (κ2) is 12.0. The summed E-state index contributed by atoms with van der Waals surface area (Å²) in [7, 11) is 0. The number of amides is 2. The highest BCUT2D eigenvalue weighted by Gasteiger charge is 2.27. The van der Waals surface area contributed by atoms with Crippen LogP contribution in [0.25, 0.3) is 0 Å². The van der Waals surface area contributed by atoms with Crippen LogP contribution >= 0.6 is 11.6 Å². The van der Waals surface area contributed by atoms with E-state index in [-0.39, 0.29) is 29.7 Å².